The van der Waals surface area contributed by atoms with Crippen LogP contribution in [0.4, 0.5) is 0 Å². The molecule has 1 amide bonds. The average molecular weight is 519 g/mol. The van der Waals surface area contributed by atoms with Crippen molar-refractivity contribution < 1.29 is 29.0 Å². The molecule has 3 aliphatic carbocycles. The number of ether oxygens (including phenoxy) is 2. The van der Waals surface area contributed by atoms with E-state index >= 15 is 0 Å². The van der Waals surface area contributed by atoms with Crippen molar-refractivity contribution >= 4 is 17.8 Å². The van der Waals surface area contributed by atoms with Gasteiger partial charge in [-0.05, 0) is 81.0 Å². The van der Waals surface area contributed by atoms with Gasteiger partial charge in [-0.3, -0.25) is 9.59 Å². The minimum atomic E-state index is -1.02. The smallest absolute Gasteiger partial charge is 0.330 e. The minimum Gasteiger partial charge on any atom is -0.462 e. The second-order valence-electron chi connectivity index (χ2n) is 12.7. The second-order valence-corrected chi connectivity index (χ2v) is 12.7. The van der Waals surface area contributed by atoms with Crippen molar-refractivity contribution in [3.05, 3.63) is 12.2 Å². The lowest BCUT2D eigenvalue weighted by molar-refractivity contribution is -0.196. The van der Waals surface area contributed by atoms with Gasteiger partial charge in [0.25, 0.3) is 0 Å². The van der Waals surface area contributed by atoms with E-state index in [1.807, 2.05) is 13.0 Å². The molecule has 0 spiro atoms. The van der Waals surface area contributed by atoms with Crippen LogP contribution >= 0.6 is 0 Å². The van der Waals surface area contributed by atoms with E-state index in [9.17, 15) is 19.5 Å². The van der Waals surface area contributed by atoms with Crippen LogP contribution in [0.3, 0.4) is 0 Å². The molecule has 0 aromatic rings. The molecule has 0 aromatic heterocycles. The summed E-state index contributed by atoms with van der Waals surface area (Å²) < 4.78 is 11.0. The van der Waals surface area contributed by atoms with Gasteiger partial charge in [-0.15, -0.1) is 0 Å². The second kappa shape index (κ2) is 10.7. The Hall–Kier alpha value is -1.93. The average Bonchev–Trinajstić information content (AvgIpc) is 3.13. The maximum absolute atomic E-state index is 12.4. The van der Waals surface area contributed by atoms with E-state index < -0.39 is 23.5 Å². The van der Waals surface area contributed by atoms with Gasteiger partial charge in [0, 0.05) is 17.4 Å². The summed E-state index contributed by atoms with van der Waals surface area (Å²) in [6.07, 6.45) is 12.5. The SMILES string of the molecule is CC[C@H](CC[C@@]1(C)CCC[C@@H]2[C@@H]1CC[C@]1(C)[C@@H](C3C=CC(=O)OC3)CC[C@]21O)OC(=O)C(N)CC(N)=O. The number of carbonyl (C=O) groups is 3. The summed E-state index contributed by atoms with van der Waals surface area (Å²) in [5.41, 5.74) is 10.1. The fourth-order valence-electron chi connectivity index (χ4n) is 8.61. The Kier molecular flexibility index (Phi) is 8.11. The quantitative estimate of drug-likeness (QED) is 0.397. The van der Waals surface area contributed by atoms with Crippen molar-refractivity contribution in [3.63, 3.8) is 0 Å². The molecule has 1 heterocycles. The Labute approximate surface area is 220 Å². The normalized spacial score (nSPS) is 40.7. The number of fused-ring (bicyclic) bond motifs is 3. The molecule has 4 rings (SSSR count). The fraction of sp³-hybridized carbons (Fsp3) is 0.828. The lowest BCUT2D eigenvalue weighted by Crippen LogP contribution is -2.60. The first-order valence-electron chi connectivity index (χ1n) is 14.2. The van der Waals surface area contributed by atoms with Crippen molar-refractivity contribution in [1.29, 1.82) is 0 Å². The largest absolute Gasteiger partial charge is 0.462 e. The number of carbonyl (C=O) groups excluding carboxylic acids is 3. The summed E-state index contributed by atoms with van der Waals surface area (Å²) in [7, 11) is 0. The first-order chi connectivity index (χ1) is 17.4. The standard InChI is InChI=1S/C29H46N2O6/c1-4-19(37-26(34)23(30)16-24(31)32)9-13-27(2)12-5-6-22-21(27)10-14-28(3)20(11-15-29(22,28)35)18-7-8-25(33)36-17-18/h7-8,18-23,35H,4-6,9-17,30H2,1-3H3,(H2,31,32)/t18?,19-,20-,21+,22-,23?,27-,28-,29+/m1/s1. The van der Waals surface area contributed by atoms with Gasteiger partial charge in [-0.25, -0.2) is 4.79 Å². The lowest BCUT2D eigenvalue weighted by Gasteiger charge is -2.61. The van der Waals surface area contributed by atoms with Gasteiger partial charge in [0.15, 0.2) is 0 Å². The molecule has 5 N–H and O–H groups in total. The number of nitrogens with two attached hydrogens (primary N) is 2. The predicted octanol–water partition coefficient (Wildman–Crippen LogP) is 3.38. The Morgan fingerprint density at radius 3 is 2.54 bits per heavy atom. The van der Waals surface area contributed by atoms with Crippen molar-refractivity contribution in [2.24, 2.45) is 46.0 Å². The molecule has 208 valence electrons. The van der Waals surface area contributed by atoms with Gasteiger partial charge in [0.05, 0.1) is 18.6 Å². The third-order valence-electron chi connectivity index (χ3n) is 10.8. The summed E-state index contributed by atoms with van der Waals surface area (Å²) in [5.74, 6) is -0.310. The van der Waals surface area contributed by atoms with Crippen molar-refractivity contribution in [2.75, 3.05) is 6.61 Å². The number of hydrogen-bond acceptors (Lipinski definition) is 7. The van der Waals surface area contributed by atoms with Crippen molar-refractivity contribution in [3.8, 4) is 0 Å². The first-order valence-corrected chi connectivity index (χ1v) is 14.2. The number of primary amides is 1. The van der Waals surface area contributed by atoms with Crippen LogP contribution in [0.25, 0.3) is 0 Å². The Balaban J connectivity index is 1.44. The Morgan fingerprint density at radius 2 is 1.89 bits per heavy atom. The van der Waals surface area contributed by atoms with Crippen LogP contribution in [0.15, 0.2) is 12.2 Å². The molecule has 4 aliphatic rings. The van der Waals surface area contributed by atoms with Crippen LogP contribution in [0.1, 0.15) is 91.4 Å². The summed E-state index contributed by atoms with van der Waals surface area (Å²) in [6.45, 7) is 7.05. The molecule has 9 atom stereocenters. The Morgan fingerprint density at radius 1 is 1.16 bits per heavy atom. The number of aliphatic hydroxyl groups is 1. The number of rotatable bonds is 9. The maximum atomic E-state index is 12.4. The monoisotopic (exact) mass is 518 g/mol. The summed E-state index contributed by atoms with van der Waals surface area (Å²) in [6, 6.07) is -1.02. The van der Waals surface area contributed by atoms with Gasteiger partial charge in [-0.2, -0.15) is 0 Å². The van der Waals surface area contributed by atoms with Crippen molar-refractivity contribution in [1.82, 2.24) is 0 Å². The van der Waals surface area contributed by atoms with E-state index in [0.717, 1.165) is 57.8 Å². The molecular weight excluding hydrogens is 472 g/mol. The Bertz CT molecular complexity index is 922. The number of hydrogen-bond donors (Lipinski definition) is 3. The van der Waals surface area contributed by atoms with Crippen molar-refractivity contribution in [2.45, 2.75) is 109 Å². The van der Waals surface area contributed by atoms with E-state index in [2.05, 4.69) is 13.8 Å². The maximum Gasteiger partial charge on any atom is 0.330 e. The number of esters is 2. The zero-order chi connectivity index (χ0) is 27.0. The van der Waals surface area contributed by atoms with Gasteiger partial charge in [0.1, 0.15) is 12.1 Å². The van der Waals surface area contributed by atoms with Crippen LogP contribution in [0, 0.1) is 34.5 Å². The lowest BCUT2D eigenvalue weighted by atomic mass is 9.46. The van der Waals surface area contributed by atoms with E-state index in [1.54, 1.807) is 6.08 Å². The van der Waals surface area contributed by atoms with E-state index in [1.165, 1.54) is 0 Å². The van der Waals surface area contributed by atoms with Crippen LogP contribution < -0.4 is 11.5 Å². The third-order valence-corrected chi connectivity index (χ3v) is 10.8. The van der Waals surface area contributed by atoms with Gasteiger partial charge < -0.3 is 26.0 Å². The highest BCUT2D eigenvalue weighted by Gasteiger charge is 2.66. The van der Waals surface area contributed by atoms with Crippen LogP contribution in [-0.2, 0) is 23.9 Å². The molecule has 1 aliphatic heterocycles. The summed E-state index contributed by atoms with van der Waals surface area (Å²) in [4.78, 5) is 35.1. The van der Waals surface area contributed by atoms with E-state index in [4.69, 9.17) is 20.9 Å². The van der Waals surface area contributed by atoms with Crippen LogP contribution in [0.2, 0.25) is 0 Å². The fourth-order valence-corrected chi connectivity index (χ4v) is 8.61. The molecule has 8 heteroatoms. The van der Waals surface area contributed by atoms with Crippen LogP contribution in [-0.4, -0.2) is 47.3 Å². The molecule has 2 unspecified atom stereocenters. The van der Waals surface area contributed by atoms with E-state index in [-0.39, 0.29) is 41.2 Å². The molecule has 0 radical (unpaired) electrons. The molecule has 3 fully saturated rings. The molecule has 8 nitrogen and oxygen atoms in total. The predicted molar refractivity (Wildman–Crippen MR) is 139 cm³/mol. The highest BCUT2D eigenvalue weighted by molar-refractivity contribution is 5.84. The van der Waals surface area contributed by atoms with Gasteiger partial charge in [0.2, 0.25) is 5.91 Å². The number of cyclic esters (lactones) is 1. The molecule has 37 heavy (non-hydrogen) atoms. The zero-order valence-electron chi connectivity index (χ0n) is 22.7. The molecule has 0 saturated heterocycles. The van der Waals surface area contributed by atoms with E-state index in [0.29, 0.717) is 24.9 Å². The summed E-state index contributed by atoms with van der Waals surface area (Å²) >= 11 is 0. The highest BCUT2D eigenvalue weighted by atomic mass is 16.5. The minimum absolute atomic E-state index is 0.0630. The molecular formula is C29H46N2O6. The number of amides is 1. The van der Waals surface area contributed by atoms with Gasteiger partial charge >= 0.3 is 11.9 Å². The van der Waals surface area contributed by atoms with Gasteiger partial charge in [-0.1, -0.05) is 33.3 Å². The first kappa shape index (κ1) is 28.1. The summed E-state index contributed by atoms with van der Waals surface area (Å²) in [5, 5.41) is 12.4. The zero-order valence-corrected chi connectivity index (χ0v) is 22.7. The molecule has 3 saturated carbocycles. The van der Waals surface area contributed by atoms with Crippen LogP contribution in [0.5, 0.6) is 0 Å². The highest BCUT2D eigenvalue weighted by Crippen LogP contribution is 2.68. The third kappa shape index (κ3) is 5.20. The molecule has 0 bridgehead atoms. The molecule has 0 aromatic carbocycles. The topological polar surface area (TPSA) is 142 Å².